The van der Waals surface area contributed by atoms with Crippen molar-refractivity contribution in [3.8, 4) is 0 Å². The Kier molecular flexibility index (Phi) is 33.4. The zero-order chi connectivity index (χ0) is 40.6. The summed E-state index contributed by atoms with van der Waals surface area (Å²) in [5.41, 5.74) is 0. The van der Waals surface area contributed by atoms with Crippen molar-refractivity contribution in [2.45, 2.75) is 229 Å². The van der Waals surface area contributed by atoms with E-state index in [9.17, 15) is 30.1 Å². The van der Waals surface area contributed by atoms with Gasteiger partial charge in [-0.15, -0.1) is 0 Å². The molecule has 0 spiro atoms. The predicted molar refractivity (Wildman–Crippen MR) is 224 cm³/mol. The largest absolute Gasteiger partial charge is 0.387 e. The van der Waals surface area contributed by atoms with Crippen LogP contribution in [0.1, 0.15) is 181 Å². The van der Waals surface area contributed by atoms with E-state index in [1.54, 1.807) is 0 Å². The number of hydrogen-bond donors (Lipinski definition) is 7. The molecule has 0 aromatic heterocycles. The van der Waals surface area contributed by atoms with Gasteiger partial charge in [0.15, 0.2) is 0 Å². The zero-order valence-corrected chi connectivity index (χ0v) is 36.3. The minimum Gasteiger partial charge on any atom is -0.387 e. The SMILES string of the molecule is CCCCCCCCOCC(CC(CCCCCC/C=C\CCCCCCCCP(=O)(O)O)SOC1[C@@H](O)[C@H](O)C(O)[C@H](O)[C@@H]1O)OCCCCCCCC. The lowest BCUT2D eigenvalue weighted by Gasteiger charge is -2.41. The molecule has 13 heteroatoms. The van der Waals surface area contributed by atoms with Crippen LogP contribution in [0.2, 0.25) is 0 Å². The summed E-state index contributed by atoms with van der Waals surface area (Å²) in [6, 6.07) is 0. The zero-order valence-electron chi connectivity index (χ0n) is 34.6. The normalized spacial score (nSPS) is 23.1. The number of unbranched alkanes of at least 4 members (excludes halogenated alkanes) is 20. The topological polar surface area (TPSA) is 186 Å². The van der Waals surface area contributed by atoms with Crippen LogP contribution in [0.15, 0.2) is 12.2 Å². The molecule has 1 fully saturated rings. The smallest absolute Gasteiger partial charge is 0.325 e. The summed E-state index contributed by atoms with van der Waals surface area (Å²) >= 11 is 1.16. The fourth-order valence-corrected chi connectivity index (χ4v) is 8.68. The fraction of sp³-hybridized carbons (Fsp3) is 0.952. The van der Waals surface area contributed by atoms with Crippen LogP contribution < -0.4 is 0 Å². The van der Waals surface area contributed by atoms with Crippen molar-refractivity contribution in [1.29, 1.82) is 0 Å². The van der Waals surface area contributed by atoms with Crippen LogP contribution in [0.5, 0.6) is 0 Å². The number of allylic oxidation sites excluding steroid dienone is 2. The van der Waals surface area contributed by atoms with Gasteiger partial charge in [0.05, 0.1) is 12.7 Å². The third-order valence-corrected chi connectivity index (χ3v) is 12.5. The minimum atomic E-state index is -3.86. The first-order valence-corrected chi connectivity index (χ1v) is 24.7. The molecule has 0 amide bonds. The van der Waals surface area contributed by atoms with Crippen molar-refractivity contribution >= 4 is 19.6 Å². The maximum atomic E-state index is 10.9. The Balaban J connectivity index is 2.62. The molecule has 0 aliphatic heterocycles. The first kappa shape index (κ1) is 52.9. The molecule has 1 saturated carbocycles. The first-order chi connectivity index (χ1) is 26.5. The van der Waals surface area contributed by atoms with Crippen LogP contribution in [0.4, 0.5) is 0 Å². The summed E-state index contributed by atoms with van der Waals surface area (Å²) in [6.07, 6.45) is 23.2. The Morgan fingerprint density at radius 1 is 0.582 bits per heavy atom. The van der Waals surface area contributed by atoms with Crippen molar-refractivity contribution in [2.24, 2.45) is 0 Å². The number of ether oxygens (including phenoxy) is 2. The average Bonchev–Trinajstić information content (AvgIpc) is 3.15. The van der Waals surface area contributed by atoms with Crippen LogP contribution in [-0.4, -0.2) is 109 Å². The lowest BCUT2D eigenvalue weighted by Crippen LogP contribution is -2.63. The molecule has 1 rings (SSSR count). The van der Waals surface area contributed by atoms with Gasteiger partial charge in [0.1, 0.15) is 36.6 Å². The van der Waals surface area contributed by atoms with Gasteiger partial charge in [0.25, 0.3) is 0 Å². The summed E-state index contributed by atoms with van der Waals surface area (Å²) in [4.78, 5) is 17.9. The molecule has 11 nitrogen and oxygen atoms in total. The molecule has 0 aromatic carbocycles. The molecule has 0 saturated heterocycles. The second kappa shape index (κ2) is 34.8. The summed E-state index contributed by atoms with van der Waals surface area (Å²) < 4.78 is 29.5. The lowest BCUT2D eigenvalue weighted by molar-refractivity contribution is -0.214. The van der Waals surface area contributed by atoms with Gasteiger partial charge >= 0.3 is 7.60 Å². The Hall–Kier alpha value is -0.0800. The van der Waals surface area contributed by atoms with Crippen LogP contribution in [-0.2, 0) is 18.2 Å². The van der Waals surface area contributed by atoms with Gasteiger partial charge in [-0.25, -0.2) is 0 Å². The maximum absolute atomic E-state index is 10.9. The van der Waals surface area contributed by atoms with Crippen molar-refractivity contribution in [2.75, 3.05) is 26.0 Å². The minimum absolute atomic E-state index is 0.00622. The molecule has 0 heterocycles. The van der Waals surface area contributed by atoms with Gasteiger partial charge in [0.2, 0.25) is 0 Å². The molecule has 1 aliphatic rings. The van der Waals surface area contributed by atoms with E-state index < -0.39 is 44.2 Å². The van der Waals surface area contributed by atoms with Gasteiger partial charge in [-0.1, -0.05) is 135 Å². The van der Waals surface area contributed by atoms with Gasteiger partial charge < -0.3 is 49.0 Å². The molecule has 7 N–H and O–H groups in total. The van der Waals surface area contributed by atoms with E-state index in [1.165, 1.54) is 51.4 Å². The predicted octanol–water partition coefficient (Wildman–Crippen LogP) is 8.52. The van der Waals surface area contributed by atoms with Crippen LogP contribution in [0.25, 0.3) is 0 Å². The number of aliphatic hydroxyl groups is 5. The quantitative estimate of drug-likeness (QED) is 0.0136. The van der Waals surface area contributed by atoms with E-state index in [0.717, 1.165) is 115 Å². The van der Waals surface area contributed by atoms with Crippen molar-refractivity contribution in [1.82, 2.24) is 0 Å². The Bertz CT molecular complexity index is 925. The average molecular weight is 827 g/mol. The third kappa shape index (κ3) is 28.1. The number of aliphatic hydroxyl groups excluding tert-OH is 5. The number of rotatable bonds is 38. The molecule has 0 radical (unpaired) electrons. The molecule has 0 aromatic rings. The molecule has 0 bridgehead atoms. The van der Waals surface area contributed by atoms with Gasteiger partial charge in [-0.05, 0) is 69.8 Å². The summed E-state index contributed by atoms with van der Waals surface area (Å²) in [6.45, 7) is 6.31. The van der Waals surface area contributed by atoms with Crippen molar-refractivity contribution < 1.29 is 53.5 Å². The van der Waals surface area contributed by atoms with Crippen molar-refractivity contribution in [3.05, 3.63) is 12.2 Å². The van der Waals surface area contributed by atoms with Crippen LogP contribution in [0, 0.1) is 0 Å². The third-order valence-electron chi connectivity index (χ3n) is 10.6. The molecular formula is C42H83O11PS. The van der Waals surface area contributed by atoms with Gasteiger partial charge in [-0.2, -0.15) is 0 Å². The standard InChI is InChI=1S/C42H83O11PS/c1-3-5-7-9-22-26-30-51-34-35(52-31-27-23-10-8-6-4-2)33-36(55-53-42-40(46)38(44)37(43)39(45)41(42)47)29-25-21-19-17-15-13-11-12-14-16-18-20-24-28-32-54(48,49)50/h11,13,35-47H,3-10,12,14-34H2,1-2H3,(H2,48,49,50)/b13-11-/t35?,36?,37?,38-,39+,40-,41-,42?/m0/s1. The highest BCUT2D eigenvalue weighted by Crippen LogP contribution is 2.35. The monoisotopic (exact) mass is 827 g/mol. The van der Waals surface area contributed by atoms with E-state index in [4.69, 9.17) is 23.4 Å². The molecule has 8 atom stereocenters. The highest BCUT2D eigenvalue weighted by Gasteiger charge is 2.49. The second-order valence-corrected chi connectivity index (χ2v) is 18.7. The molecule has 328 valence electrons. The summed E-state index contributed by atoms with van der Waals surface area (Å²) in [5, 5.41) is 51.7. The molecule has 55 heavy (non-hydrogen) atoms. The second-order valence-electron chi connectivity index (χ2n) is 15.8. The Labute approximate surface area is 339 Å². The van der Waals surface area contributed by atoms with Crippen molar-refractivity contribution in [3.63, 3.8) is 0 Å². The van der Waals surface area contributed by atoms with E-state index in [0.29, 0.717) is 32.7 Å². The van der Waals surface area contributed by atoms with Gasteiger partial charge in [0, 0.05) is 24.6 Å². The van der Waals surface area contributed by atoms with Gasteiger partial charge in [-0.3, -0.25) is 4.57 Å². The van der Waals surface area contributed by atoms with E-state index in [-0.39, 0.29) is 17.5 Å². The summed E-state index contributed by atoms with van der Waals surface area (Å²) in [7, 11) is -3.86. The molecule has 4 unspecified atom stereocenters. The number of hydrogen-bond acceptors (Lipinski definition) is 10. The summed E-state index contributed by atoms with van der Waals surface area (Å²) in [5.74, 6) is 0. The first-order valence-electron chi connectivity index (χ1n) is 22.1. The highest BCUT2D eigenvalue weighted by molar-refractivity contribution is 7.95. The highest BCUT2D eigenvalue weighted by atomic mass is 32.2. The Morgan fingerprint density at radius 2 is 1.04 bits per heavy atom. The Morgan fingerprint density at radius 3 is 1.58 bits per heavy atom. The van der Waals surface area contributed by atoms with E-state index >= 15 is 0 Å². The van der Waals surface area contributed by atoms with Crippen LogP contribution in [0.3, 0.4) is 0 Å². The fourth-order valence-electron chi connectivity index (χ4n) is 6.98. The lowest BCUT2D eigenvalue weighted by atomic mass is 9.85. The molecule has 1 aliphatic carbocycles. The molecular weight excluding hydrogens is 743 g/mol. The van der Waals surface area contributed by atoms with Crippen LogP contribution >= 0.6 is 19.6 Å². The van der Waals surface area contributed by atoms with E-state index in [1.807, 2.05) is 0 Å². The maximum Gasteiger partial charge on any atom is 0.325 e. The van der Waals surface area contributed by atoms with E-state index in [2.05, 4.69) is 26.0 Å².